The van der Waals surface area contributed by atoms with E-state index in [0.717, 1.165) is 47.8 Å². The molecule has 34 heavy (non-hydrogen) atoms. The summed E-state index contributed by atoms with van der Waals surface area (Å²) >= 11 is 0. The molecule has 2 aliphatic rings. The first-order valence-corrected chi connectivity index (χ1v) is 12.3. The summed E-state index contributed by atoms with van der Waals surface area (Å²) < 4.78 is 15.0. The van der Waals surface area contributed by atoms with Crippen LogP contribution in [0.15, 0.2) is 30.7 Å². The molecule has 1 atom stereocenters. The smallest absolute Gasteiger partial charge is 0.212 e. The van der Waals surface area contributed by atoms with E-state index in [4.69, 9.17) is 19.7 Å². The fourth-order valence-electron chi connectivity index (χ4n) is 5.09. The molecule has 0 aliphatic carbocycles. The number of likely N-dealkylation sites (tertiary alicyclic amines) is 1. The molecule has 9 nitrogen and oxygen atoms in total. The maximum Gasteiger partial charge on any atom is 0.212 e. The van der Waals surface area contributed by atoms with Gasteiger partial charge in [-0.1, -0.05) is 0 Å². The average molecular weight is 466 g/mol. The minimum absolute atomic E-state index is 0.346. The third kappa shape index (κ3) is 4.42. The molecule has 1 N–H and O–H groups in total. The third-order valence-electron chi connectivity index (χ3n) is 7.28. The second-order valence-electron chi connectivity index (χ2n) is 9.54. The van der Waals surface area contributed by atoms with Gasteiger partial charge in [-0.05, 0) is 58.7 Å². The number of nitrogens with one attached hydrogen (secondary N) is 1. The molecule has 0 saturated carbocycles. The van der Waals surface area contributed by atoms with E-state index in [1.54, 1.807) is 7.11 Å². The molecule has 0 bridgehead atoms. The zero-order chi connectivity index (χ0) is 23.7. The van der Waals surface area contributed by atoms with E-state index in [2.05, 4.69) is 46.9 Å². The van der Waals surface area contributed by atoms with Gasteiger partial charge in [-0.25, -0.2) is 9.67 Å². The van der Waals surface area contributed by atoms with Crippen LogP contribution in [0.3, 0.4) is 0 Å². The van der Waals surface area contributed by atoms with Gasteiger partial charge in [0.05, 0.1) is 37.8 Å². The van der Waals surface area contributed by atoms with Crippen molar-refractivity contribution in [3.63, 3.8) is 0 Å². The number of hydrogen-bond acceptors (Lipinski definition) is 7. The second-order valence-corrected chi connectivity index (χ2v) is 9.54. The fourth-order valence-corrected chi connectivity index (χ4v) is 5.09. The Balaban J connectivity index is 1.42. The van der Waals surface area contributed by atoms with Crippen molar-refractivity contribution >= 4 is 5.82 Å². The topological polar surface area (TPSA) is 82.3 Å². The number of pyridine rings is 1. The lowest BCUT2D eigenvalue weighted by Crippen LogP contribution is -2.40. The van der Waals surface area contributed by atoms with E-state index in [1.807, 2.05) is 29.2 Å². The summed E-state index contributed by atoms with van der Waals surface area (Å²) in [6.07, 6.45) is 9.04. The first-order chi connectivity index (χ1) is 16.5. The molecule has 3 aromatic heterocycles. The number of piperidine rings is 1. The van der Waals surface area contributed by atoms with E-state index in [0.29, 0.717) is 37.2 Å². The molecule has 0 amide bonds. The molecule has 0 spiro atoms. The summed E-state index contributed by atoms with van der Waals surface area (Å²) in [7, 11) is 1.62. The Morgan fingerprint density at radius 1 is 1.15 bits per heavy atom. The highest BCUT2D eigenvalue weighted by molar-refractivity contribution is 5.70. The van der Waals surface area contributed by atoms with Crippen molar-refractivity contribution in [2.75, 3.05) is 38.9 Å². The van der Waals surface area contributed by atoms with Crippen LogP contribution in [0.1, 0.15) is 45.2 Å². The van der Waals surface area contributed by atoms with Crippen LogP contribution in [-0.2, 0) is 11.2 Å². The number of nitrogens with zero attached hydrogens (tertiary/aromatic N) is 6. The summed E-state index contributed by atoms with van der Waals surface area (Å²) in [4.78, 5) is 6.95. The highest BCUT2D eigenvalue weighted by Gasteiger charge is 2.27. The van der Waals surface area contributed by atoms with E-state index < -0.39 is 0 Å². The Labute approximate surface area is 201 Å². The molecular weight excluding hydrogens is 430 g/mol. The largest absolute Gasteiger partial charge is 0.481 e. The Bertz CT molecular complexity index is 1100. The van der Waals surface area contributed by atoms with Crippen LogP contribution in [0, 0.1) is 5.92 Å². The minimum atomic E-state index is 0.346. The SMILES string of the molecule is COc1ccc(-c2nn(-c3cnn(C(C)C4CCN(C(C)C)CC4)c3)c3c2CCOCN3)cn1. The average Bonchev–Trinajstić information content (AvgIpc) is 3.41. The summed E-state index contributed by atoms with van der Waals surface area (Å²) in [5.41, 5.74) is 3.94. The van der Waals surface area contributed by atoms with E-state index >= 15 is 0 Å². The van der Waals surface area contributed by atoms with Gasteiger partial charge in [0.15, 0.2) is 0 Å². The van der Waals surface area contributed by atoms with Crippen molar-refractivity contribution in [1.29, 1.82) is 0 Å². The number of fused-ring (bicyclic) bond motifs is 1. The van der Waals surface area contributed by atoms with Crippen LogP contribution in [0.5, 0.6) is 5.88 Å². The van der Waals surface area contributed by atoms with E-state index in [9.17, 15) is 0 Å². The number of aromatic nitrogens is 5. The van der Waals surface area contributed by atoms with E-state index in [-0.39, 0.29) is 0 Å². The molecule has 2 aliphatic heterocycles. The van der Waals surface area contributed by atoms with Gasteiger partial charge in [0, 0.05) is 35.9 Å². The molecular formula is C25H35N7O2. The van der Waals surface area contributed by atoms with Crippen LogP contribution in [0.25, 0.3) is 16.9 Å². The lowest BCUT2D eigenvalue weighted by Gasteiger charge is -2.37. The molecule has 5 rings (SSSR count). The molecule has 0 aromatic carbocycles. The van der Waals surface area contributed by atoms with Gasteiger partial charge in [-0.3, -0.25) is 4.68 Å². The van der Waals surface area contributed by atoms with Gasteiger partial charge in [0.25, 0.3) is 0 Å². The van der Waals surface area contributed by atoms with Gasteiger partial charge in [0.2, 0.25) is 5.88 Å². The minimum Gasteiger partial charge on any atom is -0.481 e. The quantitative estimate of drug-likeness (QED) is 0.593. The van der Waals surface area contributed by atoms with Crippen LogP contribution in [0.2, 0.25) is 0 Å². The van der Waals surface area contributed by atoms with Crippen molar-refractivity contribution in [3.05, 3.63) is 36.3 Å². The number of anilines is 1. The van der Waals surface area contributed by atoms with Crippen LogP contribution >= 0.6 is 0 Å². The van der Waals surface area contributed by atoms with Crippen LogP contribution in [-0.4, -0.2) is 69.0 Å². The van der Waals surface area contributed by atoms with Crippen LogP contribution in [0.4, 0.5) is 5.82 Å². The Kier molecular flexibility index (Phi) is 6.56. The summed E-state index contributed by atoms with van der Waals surface area (Å²) in [5.74, 6) is 2.18. The lowest BCUT2D eigenvalue weighted by molar-refractivity contribution is 0.124. The molecule has 1 fully saturated rings. The van der Waals surface area contributed by atoms with Gasteiger partial charge in [0.1, 0.15) is 18.2 Å². The highest BCUT2D eigenvalue weighted by Crippen LogP contribution is 2.34. The van der Waals surface area contributed by atoms with Gasteiger partial charge in [-0.2, -0.15) is 10.2 Å². The maximum atomic E-state index is 5.69. The summed E-state index contributed by atoms with van der Waals surface area (Å²) in [6.45, 7) is 10.3. The molecule has 1 saturated heterocycles. The van der Waals surface area contributed by atoms with Crippen molar-refractivity contribution in [3.8, 4) is 22.8 Å². The predicted octanol–water partition coefficient (Wildman–Crippen LogP) is 3.76. The summed E-state index contributed by atoms with van der Waals surface area (Å²) in [5, 5.41) is 13.2. The van der Waals surface area contributed by atoms with Crippen molar-refractivity contribution in [1.82, 2.24) is 29.4 Å². The normalized spacial score (nSPS) is 18.4. The Hall–Kier alpha value is -2.91. The fraction of sp³-hybridized carbons (Fsp3) is 0.560. The second kappa shape index (κ2) is 9.76. The first-order valence-electron chi connectivity index (χ1n) is 12.3. The number of ether oxygens (including phenoxy) is 2. The van der Waals surface area contributed by atoms with Crippen molar-refractivity contribution < 1.29 is 9.47 Å². The van der Waals surface area contributed by atoms with Gasteiger partial charge in [-0.15, -0.1) is 0 Å². The van der Waals surface area contributed by atoms with Gasteiger partial charge < -0.3 is 19.7 Å². The monoisotopic (exact) mass is 465 g/mol. The zero-order valence-electron chi connectivity index (χ0n) is 20.6. The number of rotatable bonds is 6. The molecule has 3 aromatic rings. The zero-order valence-corrected chi connectivity index (χ0v) is 20.6. The van der Waals surface area contributed by atoms with Crippen molar-refractivity contribution in [2.45, 2.75) is 52.1 Å². The van der Waals surface area contributed by atoms with Gasteiger partial charge >= 0.3 is 0 Å². The Morgan fingerprint density at radius 3 is 2.68 bits per heavy atom. The molecule has 0 radical (unpaired) electrons. The predicted molar refractivity (Wildman–Crippen MR) is 131 cm³/mol. The number of hydrogen-bond donors (Lipinski definition) is 1. The first kappa shape index (κ1) is 22.9. The maximum absolute atomic E-state index is 5.69. The molecule has 9 heteroatoms. The third-order valence-corrected chi connectivity index (χ3v) is 7.28. The molecule has 5 heterocycles. The lowest BCUT2D eigenvalue weighted by atomic mass is 9.90. The summed E-state index contributed by atoms with van der Waals surface area (Å²) in [6, 6.07) is 4.83. The highest BCUT2D eigenvalue weighted by atomic mass is 16.5. The van der Waals surface area contributed by atoms with Crippen molar-refractivity contribution in [2.24, 2.45) is 5.92 Å². The van der Waals surface area contributed by atoms with E-state index in [1.165, 1.54) is 12.8 Å². The van der Waals surface area contributed by atoms with Crippen LogP contribution < -0.4 is 10.1 Å². The standard InChI is InChI=1S/C25H35N7O2/c1-17(2)30-10-7-19(8-11-30)18(3)31-15-21(14-28-31)32-25-22(9-12-34-16-27-25)24(29-32)20-5-6-23(33-4)26-13-20/h5-6,13-15,17-19,27H,7-12,16H2,1-4H3. The number of methoxy groups -OCH3 is 1. The molecule has 1 unspecified atom stereocenters. The Morgan fingerprint density at radius 2 is 1.97 bits per heavy atom. The molecule has 182 valence electrons.